The number of carbonyl (C=O) groups excluding carboxylic acids is 1. The van der Waals surface area contributed by atoms with Crippen molar-refractivity contribution in [3.63, 3.8) is 0 Å². The van der Waals surface area contributed by atoms with Gasteiger partial charge in [-0.3, -0.25) is 19.4 Å². The van der Waals surface area contributed by atoms with E-state index < -0.39 is 25.2 Å². The molecule has 11 nitrogen and oxygen atoms in total. The van der Waals surface area contributed by atoms with Gasteiger partial charge in [-0.25, -0.2) is 9.97 Å². The van der Waals surface area contributed by atoms with E-state index in [1.165, 1.54) is 12.1 Å². The van der Waals surface area contributed by atoms with Gasteiger partial charge in [-0.15, -0.1) is 0 Å². The van der Waals surface area contributed by atoms with Gasteiger partial charge in [-0.2, -0.15) is 17.6 Å². The summed E-state index contributed by atoms with van der Waals surface area (Å²) in [6.07, 6.45) is 1.14. The number of ether oxygens (including phenoxy) is 2. The van der Waals surface area contributed by atoms with Crippen molar-refractivity contribution in [2.75, 3.05) is 19.6 Å². The smallest absolute Gasteiger partial charge is 0.387 e. The Kier molecular flexibility index (Phi) is 9.51. The van der Waals surface area contributed by atoms with Crippen LogP contribution in [0.1, 0.15) is 35.1 Å². The molecule has 0 amide bonds. The Morgan fingerprint density at radius 1 is 0.800 bits per heavy atom. The van der Waals surface area contributed by atoms with Gasteiger partial charge in [0.1, 0.15) is 28.6 Å². The zero-order valence-electron chi connectivity index (χ0n) is 29.7. The largest absolute Gasteiger partial charge is 0.480 e. The van der Waals surface area contributed by atoms with Crippen LogP contribution in [0.25, 0.3) is 56.2 Å². The number of aliphatic carboxylic acids is 1. The molecule has 1 atom stereocenters. The second kappa shape index (κ2) is 14.5. The minimum Gasteiger partial charge on any atom is -0.480 e. The van der Waals surface area contributed by atoms with Gasteiger partial charge in [0.05, 0.1) is 13.1 Å². The highest BCUT2D eigenvalue weighted by Gasteiger charge is 2.32. The number of alkyl halides is 4. The van der Waals surface area contributed by atoms with Crippen LogP contribution in [0.2, 0.25) is 0 Å². The number of Topliss-reactive ketones (excluding diaryl/α,β-unsaturated/α-hetero) is 1. The number of fused-ring (bicyclic) bond motifs is 2. The van der Waals surface area contributed by atoms with Gasteiger partial charge in [0.25, 0.3) is 0 Å². The van der Waals surface area contributed by atoms with E-state index in [1.807, 2.05) is 55.1 Å². The van der Waals surface area contributed by atoms with Crippen LogP contribution < -0.4 is 9.47 Å². The van der Waals surface area contributed by atoms with Gasteiger partial charge < -0.3 is 23.4 Å². The molecule has 2 aliphatic heterocycles. The Hall–Kier alpha value is -5.80. The van der Waals surface area contributed by atoms with Crippen LogP contribution >= 0.6 is 0 Å². The first kappa shape index (κ1) is 36.2. The SMILES string of the molecule is Cc1c(-c2nc3cc(CN4CC(=O)C4)c(OC(F)F)cc3o2)cccc1-c1cccc(-c2nc3cc(CN4CCC[C@H]4C(=O)O)c(OC(F)F)cc3o2)c1C. The average Bonchev–Trinajstić information content (AvgIpc) is 3.86. The quantitative estimate of drug-likeness (QED) is 0.121. The number of ketones is 1. The van der Waals surface area contributed by atoms with Gasteiger partial charge in [-0.1, -0.05) is 24.3 Å². The molecule has 4 heterocycles. The van der Waals surface area contributed by atoms with Crippen molar-refractivity contribution in [3.8, 4) is 45.5 Å². The summed E-state index contributed by atoms with van der Waals surface area (Å²) >= 11 is 0. The zero-order valence-corrected chi connectivity index (χ0v) is 29.7. The van der Waals surface area contributed by atoms with E-state index in [-0.39, 0.29) is 66.4 Å². The third-order valence-electron chi connectivity index (χ3n) is 10.2. The van der Waals surface area contributed by atoms with Gasteiger partial charge in [0.2, 0.25) is 11.8 Å². The lowest BCUT2D eigenvalue weighted by atomic mass is 9.91. The minimum atomic E-state index is -3.10. The Bertz CT molecular complexity index is 2460. The van der Waals surface area contributed by atoms with Crippen LogP contribution in [0, 0.1) is 13.8 Å². The van der Waals surface area contributed by atoms with Crippen LogP contribution in [-0.4, -0.2) is 75.5 Å². The molecule has 4 aromatic carbocycles. The highest BCUT2D eigenvalue weighted by atomic mass is 19.3. The van der Waals surface area contributed by atoms with Crippen molar-refractivity contribution < 1.29 is 50.6 Å². The number of hydrogen-bond acceptors (Lipinski definition) is 10. The monoisotopic (exact) mass is 758 g/mol. The molecule has 55 heavy (non-hydrogen) atoms. The number of nitrogens with zero attached hydrogens (tertiary/aromatic N) is 4. The summed E-state index contributed by atoms with van der Waals surface area (Å²) in [6, 6.07) is 16.6. The summed E-state index contributed by atoms with van der Waals surface area (Å²) in [7, 11) is 0. The van der Waals surface area contributed by atoms with Crippen molar-refractivity contribution in [1.82, 2.24) is 19.8 Å². The Morgan fingerprint density at radius 2 is 1.29 bits per heavy atom. The van der Waals surface area contributed by atoms with Gasteiger partial charge in [0, 0.05) is 47.5 Å². The van der Waals surface area contributed by atoms with E-state index in [1.54, 1.807) is 17.0 Å². The van der Waals surface area contributed by atoms with E-state index in [4.69, 9.17) is 28.3 Å². The first-order valence-electron chi connectivity index (χ1n) is 17.6. The predicted molar refractivity (Wildman–Crippen MR) is 192 cm³/mol. The van der Waals surface area contributed by atoms with E-state index in [0.29, 0.717) is 52.7 Å². The lowest BCUT2D eigenvalue weighted by molar-refractivity contribution is -0.142. The molecule has 284 valence electrons. The number of oxazole rings is 2. The summed E-state index contributed by atoms with van der Waals surface area (Å²) in [5, 5.41) is 9.65. The molecule has 15 heteroatoms. The second-order valence-corrected chi connectivity index (χ2v) is 13.8. The number of carbonyl (C=O) groups is 2. The molecular formula is C40H34F4N4O7. The number of benzene rings is 4. The molecule has 0 saturated carbocycles. The lowest BCUT2D eigenvalue weighted by Crippen LogP contribution is -2.46. The minimum absolute atomic E-state index is 0.0472. The van der Waals surface area contributed by atoms with Crippen LogP contribution in [0.3, 0.4) is 0 Å². The molecule has 2 aromatic heterocycles. The maximum absolute atomic E-state index is 13.5. The fraction of sp³-hybridized carbons (Fsp3) is 0.300. The molecule has 2 fully saturated rings. The average molecular weight is 759 g/mol. The molecule has 0 radical (unpaired) electrons. The first-order chi connectivity index (χ1) is 26.4. The number of likely N-dealkylation sites (tertiary alicyclic amines) is 2. The normalized spacial score (nSPS) is 16.5. The fourth-order valence-electron chi connectivity index (χ4n) is 7.52. The lowest BCUT2D eigenvalue weighted by Gasteiger charge is -2.29. The fourth-order valence-corrected chi connectivity index (χ4v) is 7.52. The van der Waals surface area contributed by atoms with Gasteiger partial charge >= 0.3 is 19.2 Å². The Morgan fingerprint density at radius 3 is 1.76 bits per heavy atom. The van der Waals surface area contributed by atoms with Crippen LogP contribution in [-0.2, 0) is 22.7 Å². The first-order valence-corrected chi connectivity index (χ1v) is 17.6. The summed E-state index contributed by atoms with van der Waals surface area (Å²) < 4.78 is 75.5. The third kappa shape index (κ3) is 7.12. The molecule has 2 saturated heterocycles. The maximum Gasteiger partial charge on any atom is 0.387 e. The van der Waals surface area contributed by atoms with E-state index in [9.17, 15) is 32.3 Å². The maximum atomic E-state index is 13.5. The van der Waals surface area contributed by atoms with Crippen molar-refractivity contribution in [2.45, 2.75) is 59.0 Å². The molecule has 0 bridgehead atoms. The van der Waals surface area contributed by atoms with Crippen LogP contribution in [0.4, 0.5) is 17.6 Å². The zero-order chi connectivity index (χ0) is 38.5. The molecule has 2 aliphatic rings. The number of halogens is 4. The summed E-state index contributed by atoms with van der Waals surface area (Å²) in [4.78, 5) is 36.2. The van der Waals surface area contributed by atoms with E-state index in [2.05, 4.69) is 0 Å². The van der Waals surface area contributed by atoms with Gasteiger partial charge in [-0.05, 0) is 79.8 Å². The van der Waals surface area contributed by atoms with E-state index >= 15 is 0 Å². The van der Waals surface area contributed by atoms with Crippen molar-refractivity contribution in [3.05, 3.63) is 82.9 Å². The van der Waals surface area contributed by atoms with Crippen LogP contribution in [0.5, 0.6) is 11.5 Å². The standard InChI is InChI=1S/C40H34F4N4O7/c1-20-25(6-3-8-27(20)36-45-29-12-22(16-47-18-24(49)19-47)32(54-39(41)42)14-34(29)52-36)26-7-4-9-28(21(26)2)37-46-30-13-23(17-48-11-5-10-31(48)38(50)51)33(55-40(43)44)15-35(30)53-37/h3-4,6-9,12-15,31,39-40H,5,10-11,16-19H2,1-2H3,(H,50,51)/t31-/m0/s1. The highest BCUT2D eigenvalue weighted by Crippen LogP contribution is 2.40. The summed E-state index contributed by atoms with van der Waals surface area (Å²) in [6.45, 7) is -0.992. The van der Waals surface area contributed by atoms with E-state index in [0.717, 1.165) is 22.3 Å². The summed E-state index contributed by atoms with van der Waals surface area (Å²) in [5.74, 6) is -0.515. The molecule has 0 unspecified atom stereocenters. The Balaban J connectivity index is 1.13. The number of carboxylic acids is 1. The van der Waals surface area contributed by atoms with Crippen molar-refractivity contribution >= 4 is 34.0 Å². The number of carboxylic acid groups (broad SMARTS) is 1. The molecular weight excluding hydrogens is 724 g/mol. The molecule has 0 aliphatic carbocycles. The predicted octanol–water partition coefficient (Wildman–Crippen LogP) is 8.22. The van der Waals surface area contributed by atoms with Gasteiger partial charge in [0.15, 0.2) is 16.9 Å². The third-order valence-corrected chi connectivity index (χ3v) is 10.2. The molecule has 6 aromatic rings. The molecule has 0 spiro atoms. The van der Waals surface area contributed by atoms with Crippen LogP contribution in [0.15, 0.2) is 69.5 Å². The number of aromatic nitrogens is 2. The highest BCUT2D eigenvalue weighted by molar-refractivity contribution is 5.88. The Labute approximate surface area is 311 Å². The van der Waals surface area contributed by atoms with Crippen molar-refractivity contribution in [1.29, 1.82) is 0 Å². The second-order valence-electron chi connectivity index (χ2n) is 13.8. The molecule has 8 rings (SSSR count). The van der Waals surface area contributed by atoms with Crippen molar-refractivity contribution in [2.24, 2.45) is 0 Å². The molecule has 1 N–H and O–H groups in total. The number of rotatable bonds is 12. The summed E-state index contributed by atoms with van der Waals surface area (Å²) in [5.41, 5.74) is 6.87. The number of hydrogen-bond donors (Lipinski definition) is 1. The topological polar surface area (TPSA) is 131 Å².